The second kappa shape index (κ2) is 9.40. The van der Waals surface area contributed by atoms with Crippen LogP contribution in [0.2, 0.25) is 0 Å². The molecule has 0 unspecified atom stereocenters. The average Bonchev–Trinajstić information content (AvgIpc) is 2.74. The molecule has 1 saturated heterocycles. The fourth-order valence-corrected chi connectivity index (χ4v) is 5.15. The zero-order chi connectivity index (χ0) is 22.6. The number of hydrogen-bond donors (Lipinski definition) is 1. The van der Waals surface area contributed by atoms with E-state index in [0.717, 1.165) is 5.69 Å². The number of sulfonamides is 1. The molecule has 0 atom stereocenters. The lowest BCUT2D eigenvalue weighted by atomic mass is 9.87. The fourth-order valence-electron chi connectivity index (χ4n) is 3.68. The fraction of sp³-hybridized carbons (Fsp3) is 0.458. The van der Waals surface area contributed by atoms with Crippen LogP contribution in [-0.4, -0.2) is 38.3 Å². The maximum atomic E-state index is 12.9. The Labute approximate surface area is 185 Å². The van der Waals surface area contributed by atoms with Crippen molar-refractivity contribution in [3.05, 3.63) is 54.1 Å². The molecule has 0 spiro atoms. The summed E-state index contributed by atoms with van der Waals surface area (Å²) in [5.41, 5.74) is 2.03. The molecule has 1 N–H and O–H groups in total. The Morgan fingerprint density at radius 1 is 1.03 bits per heavy atom. The van der Waals surface area contributed by atoms with Crippen LogP contribution in [-0.2, 0) is 20.2 Å². The SMILES string of the molecule is CCOc1ccc(S(=O)(=O)N2CCC(C(=O)Nc3ccc(C(C)(C)C)cc3)CC2)cc1. The molecular formula is C24H32N2O4S. The molecule has 1 heterocycles. The zero-order valence-electron chi connectivity index (χ0n) is 18.7. The van der Waals surface area contributed by atoms with E-state index < -0.39 is 10.0 Å². The molecule has 1 fully saturated rings. The lowest BCUT2D eigenvalue weighted by molar-refractivity contribution is -0.120. The van der Waals surface area contributed by atoms with Crippen LogP contribution in [0.5, 0.6) is 5.75 Å². The first-order valence-electron chi connectivity index (χ1n) is 10.8. The highest BCUT2D eigenvalue weighted by molar-refractivity contribution is 7.89. The van der Waals surface area contributed by atoms with Crippen LogP contribution < -0.4 is 10.1 Å². The molecular weight excluding hydrogens is 412 g/mol. The third-order valence-electron chi connectivity index (χ3n) is 5.62. The van der Waals surface area contributed by atoms with Gasteiger partial charge < -0.3 is 10.1 Å². The molecule has 2 aromatic carbocycles. The first kappa shape index (κ1) is 23.3. The van der Waals surface area contributed by atoms with Gasteiger partial charge in [0, 0.05) is 24.7 Å². The highest BCUT2D eigenvalue weighted by atomic mass is 32.2. The Bertz CT molecular complexity index is 985. The average molecular weight is 445 g/mol. The van der Waals surface area contributed by atoms with Gasteiger partial charge >= 0.3 is 0 Å². The van der Waals surface area contributed by atoms with Crippen LogP contribution in [0.1, 0.15) is 46.1 Å². The van der Waals surface area contributed by atoms with Crippen LogP contribution in [0.25, 0.3) is 0 Å². The molecule has 0 saturated carbocycles. The van der Waals surface area contributed by atoms with E-state index in [-0.39, 0.29) is 22.1 Å². The summed E-state index contributed by atoms with van der Waals surface area (Å²) in [6.45, 7) is 9.52. The largest absolute Gasteiger partial charge is 0.494 e. The van der Waals surface area contributed by atoms with E-state index in [1.54, 1.807) is 24.3 Å². The van der Waals surface area contributed by atoms with Crippen molar-refractivity contribution in [2.24, 2.45) is 5.92 Å². The number of rotatable bonds is 6. The summed E-state index contributed by atoms with van der Waals surface area (Å²) < 4.78 is 32.7. The van der Waals surface area contributed by atoms with E-state index in [4.69, 9.17) is 4.74 Å². The molecule has 0 aromatic heterocycles. The summed E-state index contributed by atoms with van der Waals surface area (Å²) >= 11 is 0. The maximum absolute atomic E-state index is 12.9. The topological polar surface area (TPSA) is 75.7 Å². The summed E-state index contributed by atoms with van der Waals surface area (Å²) in [5.74, 6) is 0.392. The Kier molecular flexibility index (Phi) is 7.06. The molecule has 0 bridgehead atoms. The number of ether oxygens (including phenoxy) is 1. The molecule has 0 radical (unpaired) electrons. The van der Waals surface area contributed by atoms with Gasteiger partial charge in [-0.05, 0) is 67.1 Å². The number of carbonyl (C=O) groups excluding carboxylic acids is 1. The van der Waals surface area contributed by atoms with Crippen molar-refractivity contribution in [2.45, 2.75) is 50.8 Å². The predicted octanol–water partition coefficient (Wildman–Crippen LogP) is 4.42. The number of amides is 1. The van der Waals surface area contributed by atoms with Crippen molar-refractivity contribution in [3.8, 4) is 5.75 Å². The number of nitrogens with zero attached hydrogens (tertiary/aromatic N) is 1. The number of piperidine rings is 1. The van der Waals surface area contributed by atoms with Gasteiger partial charge in [0.05, 0.1) is 11.5 Å². The first-order chi connectivity index (χ1) is 14.6. The molecule has 31 heavy (non-hydrogen) atoms. The van der Waals surface area contributed by atoms with E-state index in [0.29, 0.717) is 38.3 Å². The second-order valence-electron chi connectivity index (χ2n) is 8.90. The van der Waals surface area contributed by atoms with Crippen molar-refractivity contribution in [1.29, 1.82) is 0 Å². The van der Waals surface area contributed by atoms with Crippen LogP contribution in [0, 0.1) is 5.92 Å². The smallest absolute Gasteiger partial charge is 0.243 e. The van der Waals surface area contributed by atoms with E-state index in [1.165, 1.54) is 9.87 Å². The number of nitrogens with one attached hydrogen (secondary N) is 1. The summed E-state index contributed by atoms with van der Waals surface area (Å²) in [5, 5.41) is 2.97. The number of carbonyl (C=O) groups is 1. The van der Waals surface area contributed by atoms with E-state index in [1.807, 2.05) is 31.2 Å². The first-order valence-corrected chi connectivity index (χ1v) is 12.2. The van der Waals surface area contributed by atoms with Crippen LogP contribution >= 0.6 is 0 Å². The van der Waals surface area contributed by atoms with Crippen molar-refractivity contribution in [1.82, 2.24) is 4.31 Å². The van der Waals surface area contributed by atoms with Gasteiger partial charge in [-0.3, -0.25) is 4.79 Å². The lowest BCUT2D eigenvalue weighted by Crippen LogP contribution is -2.41. The molecule has 168 valence electrons. The van der Waals surface area contributed by atoms with E-state index in [9.17, 15) is 13.2 Å². The van der Waals surface area contributed by atoms with Crippen LogP contribution in [0.3, 0.4) is 0 Å². The minimum atomic E-state index is -3.57. The normalized spacial score (nSPS) is 16.1. The standard InChI is InChI=1S/C24H32N2O4S/c1-5-30-21-10-12-22(13-11-21)31(28,29)26-16-14-18(15-17-26)23(27)25-20-8-6-19(7-9-20)24(2,3)4/h6-13,18H,5,14-17H2,1-4H3,(H,25,27). The summed E-state index contributed by atoms with van der Waals surface area (Å²) in [6.07, 6.45) is 1.00. The summed E-state index contributed by atoms with van der Waals surface area (Å²) in [6, 6.07) is 14.4. The molecule has 6 nitrogen and oxygen atoms in total. The van der Waals surface area contributed by atoms with Crippen molar-refractivity contribution >= 4 is 21.6 Å². The van der Waals surface area contributed by atoms with Crippen molar-refractivity contribution in [3.63, 3.8) is 0 Å². The quantitative estimate of drug-likeness (QED) is 0.716. The minimum absolute atomic E-state index is 0.0541. The molecule has 1 aliphatic heterocycles. The maximum Gasteiger partial charge on any atom is 0.243 e. The molecule has 2 aromatic rings. The Balaban J connectivity index is 1.57. The third kappa shape index (κ3) is 5.66. The molecule has 7 heteroatoms. The van der Waals surface area contributed by atoms with E-state index >= 15 is 0 Å². The number of anilines is 1. The van der Waals surface area contributed by atoms with E-state index in [2.05, 4.69) is 26.1 Å². The highest BCUT2D eigenvalue weighted by Crippen LogP contribution is 2.27. The van der Waals surface area contributed by atoms with Crippen molar-refractivity contribution < 1.29 is 17.9 Å². The number of hydrogen-bond acceptors (Lipinski definition) is 4. The highest BCUT2D eigenvalue weighted by Gasteiger charge is 2.32. The molecule has 0 aliphatic carbocycles. The summed E-state index contributed by atoms with van der Waals surface area (Å²) in [4.78, 5) is 12.9. The van der Waals surface area contributed by atoms with Crippen LogP contribution in [0.4, 0.5) is 5.69 Å². The monoisotopic (exact) mass is 444 g/mol. The van der Waals surface area contributed by atoms with Gasteiger partial charge in [-0.1, -0.05) is 32.9 Å². The van der Waals surface area contributed by atoms with Gasteiger partial charge in [0.1, 0.15) is 5.75 Å². The van der Waals surface area contributed by atoms with Gasteiger partial charge in [-0.25, -0.2) is 8.42 Å². The Morgan fingerprint density at radius 2 is 1.61 bits per heavy atom. The second-order valence-corrected chi connectivity index (χ2v) is 10.8. The molecule has 3 rings (SSSR count). The molecule has 1 amide bonds. The van der Waals surface area contributed by atoms with Crippen molar-refractivity contribution in [2.75, 3.05) is 25.0 Å². The van der Waals surface area contributed by atoms with Gasteiger partial charge in [0.25, 0.3) is 0 Å². The minimum Gasteiger partial charge on any atom is -0.494 e. The Morgan fingerprint density at radius 3 is 2.13 bits per heavy atom. The van der Waals surface area contributed by atoms with Crippen LogP contribution in [0.15, 0.2) is 53.4 Å². The van der Waals surface area contributed by atoms with Gasteiger partial charge in [0.2, 0.25) is 15.9 Å². The third-order valence-corrected chi connectivity index (χ3v) is 7.53. The molecule has 1 aliphatic rings. The van der Waals surface area contributed by atoms with Gasteiger partial charge in [-0.2, -0.15) is 4.31 Å². The summed E-state index contributed by atoms with van der Waals surface area (Å²) in [7, 11) is -3.57. The number of benzene rings is 2. The van der Waals surface area contributed by atoms with Gasteiger partial charge in [-0.15, -0.1) is 0 Å². The predicted molar refractivity (Wildman–Crippen MR) is 123 cm³/mol. The van der Waals surface area contributed by atoms with Gasteiger partial charge in [0.15, 0.2) is 0 Å². The zero-order valence-corrected chi connectivity index (χ0v) is 19.5. The lowest BCUT2D eigenvalue weighted by Gasteiger charge is -2.30. The Hall–Kier alpha value is -2.38.